The molecule has 0 aromatic carbocycles. The number of hydrogen-bond donors (Lipinski definition) is 2. The van der Waals surface area contributed by atoms with Crippen molar-refractivity contribution in [1.29, 1.82) is 0 Å². The number of imide groups is 1. The molecule has 8 heteroatoms. The maximum absolute atomic E-state index is 10.4. The van der Waals surface area contributed by atoms with Crippen LogP contribution in [-0.4, -0.2) is 57.9 Å². The van der Waals surface area contributed by atoms with Gasteiger partial charge >= 0.3 is 6.09 Å². The Balaban J connectivity index is 0. The van der Waals surface area contributed by atoms with Crippen LogP contribution >= 0.6 is 23.4 Å². The minimum absolute atomic E-state index is 0.00222. The van der Waals surface area contributed by atoms with E-state index in [2.05, 4.69) is 5.16 Å². The minimum Gasteiger partial charge on any atom is -0.465 e. The predicted molar refractivity (Wildman–Crippen MR) is 78.6 cm³/mol. The van der Waals surface area contributed by atoms with Crippen LogP contribution in [0.2, 0.25) is 0 Å². The Morgan fingerprint density at radius 1 is 1.37 bits per heavy atom. The number of thioether (sulfide) groups is 1. The molecule has 0 spiro atoms. The van der Waals surface area contributed by atoms with E-state index in [1.54, 1.807) is 11.8 Å². The molecule has 0 heterocycles. The molecular weight excluding hydrogens is 292 g/mol. The Labute approximate surface area is 122 Å². The molecule has 6 nitrogen and oxygen atoms in total. The Morgan fingerprint density at radius 3 is 1.95 bits per heavy atom. The van der Waals surface area contributed by atoms with Crippen molar-refractivity contribution < 1.29 is 19.9 Å². The van der Waals surface area contributed by atoms with Crippen LogP contribution in [0.15, 0.2) is 5.16 Å². The van der Waals surface area contributed by atoms with Crippen molar-refractivity contribution in [2.24, 2.45) is 10.6 Å². The zero-order chi connectivity index (χ0) is 15.6. The second-order valence-corrected chi connectivity index (χ2v) is 5.73. The monoisotopic (exact) mass is 312 g/mol. The molecule has 0 saturated carbocycles. The molecule has 0 unspecified atom stereocenters. The molecule has 0 aromatic heterocycles. The predicted octanol–water partition coefficient (Wildman–Crippen LogP) is 2.59. The molecule has 0 fully saturated rings. The fourth-order valence-electron chi connectivity index (χ4n) is 0.728. The van der Waals surface area contributed by atoms with Crippen molar-refractivity contribution >= 4 is 41.1 Å². The van der Waals surface area contributed by atoms with E-state index in [0.717, 1.165) is 18.5 Å². The SMILES string of the molecule is CN(C(=O)O)C(=O)CCl.CSCC(=NO)C(C)(C)C. The number of halogens is 1. The van der Waals surface area contributed by atoms with Crippen LogP contribution in [0.25, 0.3) is 0 Å². The standard InChI is InChI=1S/C7H15NOS.C4H6ClNO3/c1-7(2,3)6(8-9)5-10-4;1-6(4(8)9)3(7)2-5/h9H,5H2,1-4H3;2H2,1H3,(H,8,9). The third-order valence-corrected chi connectivity index (χ3v) is 2.83. The number of oxime groups is 1. The van der Waals surface area contributed by atoms with E-state index in [-0.39, 0.29) is 11.3 Å². The van der Waals surface area contributed by atoms with E-state index >= 15 is 0 Å². The molecule has 0 aliphatic rings. The molecule has 0 atom stereocenters. The average molecular weight is 313 g/mol. The molecule has 0 aliphatic heterocycles. The molecule has 112 valence electrons. The second-order valence-electron chi connectivity index (χ2n) is 4.60. The van der Waals surface area contributed by atoms with E-state index in [1.807, 2.05) is 27.0 Å². The van der Waals surface area contributed by atoms with Gasteiger partial charge in [-0.2, -0.15) is 11.8 Å². The van der Waals surface area contributed by atoms with E-state index < -0.39 is 12.0 Å². The zero-order valence-electron chi connectivity index (χ0n) is 11.8. The highest BCUT2D eigenvalue weighted by molar-refractivity contribution is 7.99. The summed E-state index contributed by atoms with van der Waals surface area (Å²) >= 11 is 6.71. The summed E-state index contributed by atoms with van der Waals surface area (Å²) in [5.74, 6) is -0.118. The lowest BCUT2D eigenvalue weighted by atomic mass is 9.91. The quantitative estimate of drug-likeness (QED) is 0.362. The lowest BCUT2D eigenvalue weighted by molar-refractivity contribution is -0.125. The molecule has 2 amide bonds. The highest BCUT2D eigenvalue weighted by Crippen LogP contribution is 2.18. The Morgan fingerprint density at radius 2 is 1.84 bits per heavy atom. The molecule has 0 rings (SSSR count). The highest BCUT2D eigenvalue weighted by Gasteiger charge is 2.18. The molecule has 19 heavy (non-hydrogen) atoms. The summed E-state index contributed by atoms with van der Waals surface area (Å²) in [5, 5.41) is 19.9. The van der Waals surface area contributed by atoms with Crippen molar-refractivity contribution in [2.75, 3.05) is 24.9 Å². The summed E-state index contributed by atoms with van der Waals surface area (Å²) < 4.78 is 0. The van der Waals surface area contributed by atoms with Gasteiger partial charge in [0.2, 0.25) is 5.91 Å². The van der Waals surface area contributed by atoms with Crippen LogP contribution in [0.3, 0.4) is 0 Å². The normalized spacial score (nSPS) is 11.4. The Bertz CT molecular complexity index is 329. The van der Waals surface area contributed by atoms with Gasteiger partial charge in [-0.15, -0.1) is 11.6 Å². The van der Waals surface area contributed by atoms with Gasteiger partial charge in [0, 0.05) is 18.2 Å². The van der Waals surface area contributed by atoms with E-state index in [1.165, 1.54) is 0 Å². The number of carboxylic acid groups (broad SMARTS) is 1. The maximum Gasteiger partial charge on any atom is 0.413 e. The van der Waals surface area contributed by atoms with Crippen molar-refractivity contribution in [3.8, 4) is 0 Å². The summed E-state index contributed by atoms with van der Waals surface area (Å²) in [5.41, 5.74) is 0.845. The topological polar surface area (TPSA) is 90.2 Å². The summed E-state index contributed by atoms with van der Waals surface area (Å²) in [4.78, 5) is 20.8. The molecule has 0 radical (unpaired) electrons. The van der Waals surface area contributed by atoms with E-state index in [4.69, 9.17) is 21.9 Å². The zero-order valence-corrected chi connectivity index (χ0v) is 13.4. The molecular formula is C11H21ClN2O4S. The molecule has 0 bridgehead atoms. The van der Waals surface area contributed by atoms with Gasteiger partial charge in [-0.05, 0) is 6.26 Å². The van der Waals surface area contributed by atoms with Crippen LogP contribution in [0.4, 0.5) is 4.79 Å². The van der Waals surface area contributed by atoms with Gasteiger partial charge in [0.25, 0.3) is 0 Å². The van der Waals surface area contributed by atoms with Gasteiger partial charge in [-0.25, -0.2) is 9.69 Å². The molecule has 0 aliphatic carbocycles. The number of carbonyl (C=O) groups is 2. The third-order valence-electron chi connectivity index (χ3n) is 2.04. The first-order valence-electron chi connectivity index (χ1n) is 5.37. The van der Waals surface area contributed by atoms with E-state index in [0.29, 0.717) is 4.90 Å². The van der Waals surface area contributed by atoms with Gasteiger partial charge in [-0.1, -0.05) is 25.9 Å². The van der Waals surface area contributed by atoms with Gasteiger partial charge in [0.1, 0.15) is 5.88 Å². The number of amides is 2. The molecule has 0 saturated heterocycles. The smallest absolute Gasteiger partial charge is 0.413 e. The van der Waals surface area contributed by atoms with Gasteiger partial charge in [0.15, 0.2) is 0 Å². The Kier molecular flexibility index (Phi) is 10.6. The summed E-state index contributed by atoms with van der Waals surface area (Å²) in [7, 11) is 1.15. The van der Waals surface area contributed by atoms with Crippen molar-refractivity contribution in [3.05, 3.63) is 0 Å². The van der Waals surface area contributed by atoms with Crippen LogP contribution in [-0.2, 0) is 4.79 Å². The summed E-state index contributed by atoms with van der Waals surface area (Å²) in [6.45, 7) is 6.12. The second kappa shape index (κ2) is 9.91. The highest BCUT2D eigenvalue weighted by atomic mass is 35.5. The lowest BCUT2D eigenvalue weighted by Gasteiger charge is -2.18. The van der Waals surface area contributed by atoms with Crippen LogP contribution in [0, 0.1) is 5.41 Å². The van der Waals surface area contributed by atoms with Crippen LogP contribution in [0.1, 0.15) is 20.8 Å². The lowest BCUT2D eigenvalue weighted by Crippen LogP contribution is -2.32. The van der Waals surface area contributed by atoms with Crippen molar-refractivity contribution in [3.63, 3.8) is 0 Å². The average Bonchev–Trinajstić information content (AvgIpc) is 2.33. The first-order chi connectivity index (χ1) is 8.61. The summed E-state index contributed by atoms with van der Waals surface area (Å²) in [6, 6.07) is 0. The Hall–Kier alpha value is -0.950. The fourth-order valence-corrected chi connectivity index (χ4v) is 1.67. The fraction of sp³-hybridized carbons (Fsp3) is 0.727. The number of nitrogens with zero attached hydrogens (tertiary/aromatic N) is 2. The van der Waals surface area contributed by atoms with Crippen LogP contribution < -0.4 is 0 Å². The van der Waals surface area contributed by atoms with Crippen molar-refractivity contribution in [2.45, 2.75) is 20.8 Å². The molecule has 2 N–H and O–H groups in total. The van der Waals surface area contributed by atoms with Gasteiger partial charge < -0.3 is 10.3 Å². The largest absolute Gasteiger partial charge is 0.465 e. The van der Waals surface area contributed by atoms with E-state index in [9.17, 15) is 9.59 Å². The first-order valence-corrected chi connectivity index (χ1v) is 7.30. The first kappa shape index (κ1) is 20.4. The number of carbonyl (C=O) groups excluding carboxylic acids is 1. The third kappa shape index (κ3) is 9.61. The maximum atomic E-state index is 10.4. The van der Waals surface area contributed by atoms with Crippen molar-refractivity contribution in [1.82, 2.24) is 4.90 Å². The van der Waals surface area contributed by atoms with Crippen LogP contribution in [0.5, 0.6) is 0 Å². The van der Waals surface area contributed by atoms with Gasteiger partial charge in [0.05, 0.1) is 5.71 Å². The molecule has 0 aromatic rings. The number of alkyl halides is 1. The van der Waals surface area contributed by atoms with Gasteiger partial charge in [-0.3, -0.25) is 4.79 Å². The number of hydrogen-bond acceptors (Lipinski definition) is 5. The minimum atomic E-state index is -1.29. The summed E-state index contributed by atoms with van der Waals surface area (Å²) in [6.07, 6.45) is 0.706. The number of rotatable bonds is 3.